The standard InChI is InChI=1S/C17H26O3/c1-4-7-10-14(5-2)13-15-11-8-9-12-16(15)17(18)20-19-6-3/h8-9,11-12,14H,4-7,10,13H2,1-3H3. The van der Waals surface area contributed by atoms with E-state index in [2.05, 4.69) is 13.8 Å². The smallest absolute Gasteiger partial charge is 0.293 e. The summed E-state index contributed by atoms with van der Waals surface area (Å²) in [4.78, 5) is 21.5. The van der Waals surface area contributed by atoms with Gasteiger partial charge in [0.25, 0.3) is 0 Å². The van der Waals surface area contributed by atoms with Crippen LogP contribution in [0.25, 0.3) is 0 Å². The Hall–Kier alpha value is -1.35. The predicted molar refractivity (Wildman–Crippen MR) is 80.5 cm³/mol. The summed E-state index contributed by atoms with van der Waals surface area (Å²) in [7, 11) is 0. The fourth-order valence-electron chi connectivity index (χ4n) is 2.31. The van der Waals surface area contributed by atoms with Crippen LogP contribution in [0.4, 0.5) is 0 Å². The van der Waals surface area contributed by atoms with E-state index in [-0.39, 0.29) is 0 Å². The van der Waals surface area contributed by atoms with Crippen molar-refractivity contribution in [3.05, 3.63) is 35.4 Å². The summed E-state index contributed by atoms with van der Waals surface area (Å²) in [5, 5.41) is 0. The van der Waals surface area contributed by atoms with Crippen LogP contribution in [-0.2, 0) is 16.2 Å². The molecule has 0 N–H and O–H groups in total. The molecule has 3 heteroatoms. The molecule has 112 valence electrons. The molecule has 0 saturated carbocycles. The average Bonchev–Trinajstić information content (AvgIpc) is 2.49. The summed E-state index contributed by atoms with van der Waals surface area (Å²) in [5.41, 5.74) is 1.68. The number of hydrogen-bond donors (Lipinski definition) is 0. The van der Waals surface area contributed by atoms with Gasteiger partial charge in [-0.05, 0) is 30.9 Å². The van der Waals surface area contributed by atoms with Crippen LogP contribution in [0.1, 0.15) is 62.4 Å². The summed E-state index contributed by atoms with van der Waals surface area (Å²) in [6.07, 6.45) is 5.72. The maximum Gasteiger partial charge on any atom is 0.373 e. The van der Waals surface area contributed by atoms with E-state index in [0.29, 0.717) is 18.1 Å². The van der Waals surface area contributed by atoms with E-state index in [0.717, 1.165) is 18.4 Å². The van der Waals surface area contributed by atoms with Crippen molar-refractivity contribution in [3.8, 4) is 0 Å². The second-order valence-electron chi connectivity index (χ2n) is 5.06. The van der Waals surface area contributed by atoms with Crippen LogP contribution in [0, 0.1) is 5.92 Å². The van der Waals surface area contributed by atoms with E-state index in [1.807, 2.05) is 24.3 Å². The van der Waals surface area contributed by atoms with Crippen molar-refractivity contribution in [2.24, 2.45) is 5.92 Å². The molecular weight excluding hydrogens is 252 g/mol. The highest BCUT2D eigenvalue weighted by molar-refractivity contribution is 5.90. The molecule has 0 aliphatic heterocycles. The van der Waals surface area contributed by atoms with Crippen LogP contribution in [0.5, 0.6) is 0 Å². The lowest BCUT2D eigenvalue weighted by atomic mass is 9.90. The van der Waals surface area contributed by atoms with Crippen LogP contribution in [0.3, 0.4) is 0 Å². The van der Waals surface area contributed by atoms with Crippen LogP contribution in [-0.4, -0.2) is 12.6 Å². The van der Waals surface area contributed by atoms with E-state index >= 15 is 0 Å². The van der Waals surface area contributed by atoms with E-state index in [1.54, 1.807) is 6.92 Å². The van der Waals surface area contributed by atoms with Crippen molar-refractivity contribution >= 4 is 5.97 Å². The van der Waals surface area contributed by atoms with Gasteiger partial charge in [0.15, 0.2) is 0 Å². The summed E-state index contributed by atoms with van der Waals surface area (Å²) >= 11 is 0. The fraction of sp³-hybridized carbons (Fsp3) is 0.588. The second-order valence-corrected chi connectivity index (χ2v) is 5.06. The van der Waals surface area contributed by atoms with Gasteiger partial charge >= 0.3 is 5.97 Å². The van der Waals surface area contributed by atoms with Gasteiger partial charge in [-0.2, -0.15) is 4.89 Å². The Bertz CT molecular complexity index is 401. The molecule has 0 bridgehead atoms. The number of benzene rings is 1. The molecule has 0 radical (unpaired) electrons. The fourth-order valence-corrected chi connectivity index (χ4v) is 2.31. The third-order valence-electron chi connectivity index (χ3n) is 3.54. The van der Waals surface area contributed by atoms with Gasteiger partial charge in [0.1, 0.15) is 0 Å². The Balaban J connectivity index is 2.75. The van der Waals surface area contributed by atoms with Crippen molar-refractivity contribution in [1.82, 2.24) is 0 Å². The topological polar surface area (TPSA) is 35.5 Å². The van der Waals surface area contributed by atoms with Crippen LogP contribution in [0.2, 0.25) is 0 Å². The Morgan fingerprint density at radius 2 is 1.95 bits per heavy atom. The monoisotopic (exact) mass is 278 g/mol. The molecule has 0 amide bonds. The van der Waals surface area contributed by atoms with Crippen LogP contribution < -0.4 is 0 Å². The normalized spacial score (nSPS) is 12.2. The molecule has 1 aromatic carbocycles. The van der Waals surface area contributed by atoms with Crippen molar-refractivity contribution in [2.45, 2.75) is 52.9 Å². The van der Waals surface area contributed by atoms with Gasteiger partial charge in [-0.15, -0.1) is 0 Å². The molecule has 0 spiro atoms. The molecule has 1 atom stereocenters. The van der Waals surface area contributed by atoms with Crippen molar-refractivity contribution in [1.29, 1.82) is 0 Å². The van der Waals surface area contributed by atoms with Gasteiger partial charge in [0.2, 0.25) is 0 Å². The third kappa shape index (κ3) is 5.33. The molecule has 20 heavy (non-hydrogen) atoms. The first kappa shape index (κ1) is 16.7. The van der Waals surface area contributed by atoms with E-state index in [4.69, 9.17) is 9.78 Å². The summed E-state index contributed by atoms with van der Waals surface area (Å²) in [5.74, 6) is 0.226. The van der Waals surface area contributed by atoms with Gasteiger partial charge in [-0.1, -0.05) is 57.7 Å². The first-order chi connectivity index (χ1) is 9.72. The first-order valence-electron chi connectivity index (χ1n) is 7.64. The lowest BCUT2D eigenvalue weighted by Crippen LogP contribution is -2.12. The average molecular weight is 278 g/mol. The largest absolute Gasteiger partial charge is 0.373 e. The third-order valence-corrected chi connectivity index (χ3v) is 3.54. The molecule has 0 aromatic heterocycles. The molecule has 1 rings (SSSR count). The Labute approximate surface area is 122 Å². The molecule has 0 aliphatic carbocycles. The summed E-state index contributed by atoms with van der Waals surface area (Å²) < 4.78 is 0. The molecule has 1 aromatic rings. The van der Waals surface area contributed by atoms with Crippen molar-refractivity contribution < 1.29 is 14.6 Å². The Morgan fingerprint density at radius 3 is 2.60 bits per heavy atom. The van der Waals surface area contributed by atoms with E-state index < -0.39 is 5.97 Å². The molecule has 0 heterocycles. The van der Waals surface area contributed by atoms with Gasteiger partial charge in [0, 0.05) is 0 Å². The van der Waals surface area contributed by atoms with Crippen LogP contribution in [0.15, 0.2) is 24.3 Å². The molecule has 0 aliphatic rings. The SMILES string of the molecule is CCCCC(CC)Cc1ccccc1C(=O)OOCC. The van der Waals surface area contributed by atoms with Crippen LogP contribution >= 0.6 is 0 Å². The number of rotatable bonds is 9. The summed E-state index contributed by atoms with van der Waals surface area (Å²) in [6, 6.07) is 7.65. The minimum atomic E-state index is -0.396. The minimum absolute atomic E-state index is 0.363. The zero-order valence-corrected chi connectivity index (χ0v) is 12.9. The van der Waals surface area contributed by atoms with E-state index in [1.165, 1.54) is 19.3 Å². The highest BCUT2D eigenvalue weighted by Gasteiger charge is 2.16. The minimum Gasteiger partial charge on any atom is -0.293 e. The highest BCUT2D eigenvalue weighted by Crippen LogP contribution is 2.21. The number of carbonyl (C=O) groups is 1. The predicted octanol–water partition coefficient (Wildman–Crippen LogP) is 4.55. The zero-order chi connectivity index (χ0) is 14.8. The number of hydrogen-bond acceptors (Lipinski definition) is 3. The van der Waals surface area contributed by atoms with E-state index in [9.17, 15) is 4.79 Å². The molecular formula is C17H26O3. The van der Waals surface area contributed by atoms with Crippen molar-refractivity contribution in [2.75, 3.05) is 6.61 Å². The lowest BCUT2D eigenvalue weighted by Gasteiger charge is -2.16. The zero-order valence-electron chi connectivity index (χ0n) is 12.9. The number of unbranched alkanes of at least 4 members (excludes halogenated alkanes) is 1. The molecule has 0 saturated heterocycles. The van der Waals surface area contributed by atoms with Gasteiger partial charge in [-0.3, -0.25) is 4.89 Å². The second kappa shape index (κ2) is 9.54. The van der Waals surface area contributed by atoms with Crippen molar-refractivity contribution in [3.63, 3.8) is 0 Å². The molecule has 3 nitrogen and oxygen atoms in total. The lowest BCUT2D eigenvalue weighted by molar-refractivity contribution is -0.236. The Kier molecular flexibility index (Phi) is 7.97. The van der Waals surface area contributed by atoms with Gasteiger partial charge in [-0.25, -0.2) is 4.79 Å². The quantitative estimate of drug-likeness (QED) is 0.491. The molecule has 0 fully saturated rings. The van der Waals surface area contributed by atoms with Gasteiger partial charge in [0.05, 0.1) is 12.2 Å². The summed E-state index contributed by atoms with van der Waals surface area (Å²) in [6.45, 7) is 6.57. The number of carbonyl (C=O) groups excluding carboxylic acids is 1. The Morgan fingerprint density at radius 1 is 1.20 bits per heavy atom. The maximum atomic E-state index is 12.0. The maximum absolute atomic E-state index is 12.0. The highest BCUT2D eigenvalue weighted by atomic mass is 17.2. The molecule has 1 unspecified atom stereocenters. The first-order valence-corrected chi connectivity index (χ1v) is 7.64. The van der Waals surface area contributed by atoms with Gasteiger partial charge < -0.3 is 0 Å².